The Hall–Kier alpha value is -3.23. The Morgan fingerprint density at radius 2 is 2.16 bits per heavy atom. The van der Waals surface area contributed by atoms with Crippen LogP contribution in [0.3, 0.4) is 0 Å². The van der Waals surface area contributed by atoms with E-state index >= 15 is 0 Å². The molecule has 4 aromatic rings. The second kappa shape index (κ2) is 9.10. The highest BCUT2D eigenvalue weighted by Gasteiger charge is 2.25. The molecule has 0 radical (unpaired) electrons. The highest BCUT2D eigenvalue weighted by atomic mass is 19.1. The normalized spacial score (nSPS) is 18.8. The number of para-hydroxylation sites is 1. The molecular weight excluding hydrogens is 409 g/mol. The molecule has 5 rings (SSSR count). The third kappa shape index (κ3) is 4.11. The Balaban J connectivity index is 1.47. The van der Waals surface area contributed by atoms with Gasteiger partial charge < -0.3 is 20.1 Å². The molecule has 32 heavy (non-hydrogen) atoms. The van der Waals surface area contributed by atoms with Crippen molar-refractivity contribution in [3.63, 3.8) is 0 Å². The summed E-state index contributed by atoms with van der Waals surface area (Å²) in [4.78, 5) is 9.46. The van der Waals surface area contributed by atoms with Crippen LogP contribution >= 0.6 is 0 Å². The minimum atomic E-state index is -0.929. The summed E-state index contributed by atoms with van der Waals surface area (Å²) in [6.45, 7) is 2.20. The fourth-order valence-electron chi connectivity index (χ4n) is 4.07. The third-order valence-corrected chi connectivity index (χ3v) is 5.77. The van der Waals surface area contributed by atoms with Gasteiger partial charge in [0.25, 0.3) is 0 Å². The van der Waals surface area contributed by atoms with Crippen molar-refractivity contribution in [2.75, 3.05) is 38.7 Å². The molecule has 8 heteroatoms. The first kappa shape index (κ1) is 20.7. The van der Waals surface area contributed by atoms with Crippen molar-refractivity contribution < 1.29 is 13.9 Å². The van der Waals surface area contributed by atoms with Gasteiger partial charge in [0.05, 0.1) is 41.4 Å². The smallest absolute Gasteiger partial charge is 0.140 e. The summed E-state index contributed by atoms with van der Waals surface area (Å²) in [6, 6.07) is 13.6. The number of fused-ring (bicyclic) bond motifs is 2. The zero-order chi connectivity index (χ0) is 21.9. The molecule has 2 atom stereocenters. The van der Waals surface area contributed by atoms with Gasteiger partial charge in [-0.2, -0.15) is 0 Å². The van der Waals surface area contributed by atoms with E-state index < -0.39 is 6.17 Å². The van der Waals surface area contributed by atoms with E-state index in [9.17, 15) is 4.39 Å². The Labute approximate surface area is 185 Å². The van der Waals surface area contributed by atoms with Crippen LogP contribution in [0, 0.1) is 0 Å². The highest BCUT2D eigenvalue weighted by Crippen LogP contribution is 2.28. The first-order valence-corrected chi connectivity index (χ1v) is 10.8. The Bertz CT molecular complexity index is 1230. The van der Waals surface area contributed by atoms with Gasteiger partial charge in [0.2, 0.25) is 0 Å². The minimum absolute atomic E-state index is 0.223. The first-order chi connectivity index (χ1) is 15.7. The predicted molar refractivity (Wildman–Crippen MR) is 123 cm³/mol. The number of piperidine rings is 1. The standard InChI is InChI=1S/C24H26FN5O2/c1-31-11-12-32-17-8-10-30-22(15-27-23(30)13-17)20-6-5-16-3-2-4-21(24(16)29-20)28-19-7-9-26-14-18(19)25/h2-6,8,10,13,15,18-19,26,28H,7,9,11-12,14H2,1H3. The minimum Gasteiger partial charge on any atom is -0.491 e. The maximum Gasteiger partial charge on any atom is 0.140 e. The van der Waals surface area contributed by atoms with Crippen LogP contribution in [0.25, 0.3) is 27.9 Å². The van der Waals surface area contributed by atoms with Crippen LogP contribution in [0.2, 0.25) is 0 Å². The van der Waals surface area contributed by atoms with Gasteiger partial charge in [0, 0.05) is 31.3 Å². The van der Waals surface area contributed by atoms with E-state index in [-0.39, 0.29) is 6.04 Å². The summed E-state index contributed by atoms with van der Waals surface area (Å²) in [5.74, 6) is 0.743. The fourth-order valence-corrected chi connectivity index (χ4v) is 4.07. The largest absolute Gasteiger partial charge is 0.491 e. The molecule has 4 heterocycles. The van der Waals surface area contributed by atoms with Gasteiger partial charge in [0.15, 0.2) is 0 Å². The van der Waals surface area contributed by atoms with E-state index in [4.69, 9.17) is 14.5 Å². The summed E-state index contributed by atoms with van der Waals surface area (Å²) in [5, 5.41) is 7.49. The number of rotatable bonds is 7. The van der Waals surface area contributed by atoms with Crippen LogP contribution in [0.4, 0.5) is 10.1 Å². The number of anilines is 1. The predicted octanol–water partition coefficient (Wildman–Crippen LogP) is 3.69. The van der Waals surface area contributed by atoms with Gasteiger partial charge in [-0.3, -0.25) is 4.40 Å². The summed E-state index contributed by atoms with van der Waals surface area (Å²) >= 11 is 0. The van der Waals surface area contributed by atoms with E-state index in [2.05, 4.69) is 15.6 Å². The SMILES string of the molecule is COCCOc1ccn2c(-c3ccc4cccc(NC5CCNCC5F)c4n3)cnc2c1. The highest BCUT2D eigenvalue weighted by molar-refractivity contribution is 5.92. The lowest BCUT2D eigenvalue weighted by Gasteiger charge is -2.28. The van der Waals surface area contributed by atoms with Gasteiger partial charge in [-0.25, -0.2) is 14.4 Å². The molecule has 1 aliphatic rings. The Morgan fingerprint density at radius 3 is 3.03 bits per heavy atom. The van der Waals surface area contributed by atoms with Crippen LogP contribution in [0.1, 0.15) is 6.42 Å². The molecule has 0 spiro atoms. The van der Waals surface area contributed by atoms with Crippen LogP contribution in [-0.4, -0.2) is 60.0 Å². The van der Waals surface area contributed by atoms with E-state index in [1.807, 2.05) is 59.3 Å². The number of hydrogen-bond donors (Lipinski definition) is 2. The molecule has 0 saturated carbocycles. The lowest BCUT2D eigenvalue weighted by Crippen LogP contribution is -2.45. The van der Waals surface area contributed by atoms with Crippen LogP contribution in [-0.2, 0) is 4.74 Å². The molecule has 7 nitrogen and oxygen atoms in total. The number of nitrogens with zero attached hydrogens (tertiary/aromatic N) is 3. The fraction of sp³-hybridized carbons (Fsp3) is 0.333. The van der Waals surface area contributed by atoms with Crippen molar-refractivity contribution in [2.45, 2.75) is 18.6 Å². The molecule has 1 saturated heterocycles. The van der Waals surface area contributed by atoms with Crippen LogP contribution < -0.4 is 15.4 Å². The maximum atomic E-state index is 14.4. The third-order valence-electron chi connectivity index (χ3n) is 5.77. The van der Waals surface area contributed by atoms with Gasteiger partial charge in [-0.05, 0) is 31.2 Å². The average Bonchev–Trinajstić information content (AvgIpc) is 3.24. The molecule has 2 N–H and O–H groups in total. The number of halogens is 1. The molecule has 1 aliphatic heterocycles. The van der Waals surface area contributed by atoms with Crippen molar-refractivity contribution in [1.29, 1.82) is 0 Å². The van der Waals surface area contributed by atoms with E-state index in [0.717, 1.165) is 52.3 Å². The van der Waals surface area contributed by atoms with Crippen LogP contribution in [0.15, 0.2) is 54.9 Å². The van der Waals surface area contributed by atoms with Crippen molar-refractivity contribution in [3.8, 4) is 17.1 Å². The van der Waals surface area contributed by atoms with Crippen molar-refractivity contribution >= 4 is 22.2 Å². The number of alkyl halides is 1. The molecule has 0 bridgehead atoms. The molecule has 166 valence electrons. The second-order valence-electron chi connectivity index (χ2n) is 7.91. The second-order valence-corrected chi connectivity index (χ2v) is 7.91. The lowest BCUT2D eigenvalue weighted by molar-refractivity contribution is 0.146. The number of imidazole rings is 1. The van der Waals surface area contributed by atoms with Gasteiger partial charge >= 0.3 is 0 Å². The van der Waals surface area contributed by atoms with Gasteiger partial charge in [0.1, 0.15) is 24.2 Å². The van der Waals surface area contributed by atoms with E-state index in [1.165, 1.54) is 0 Å². The van der Waals surface area contributed by atoms with Crippen LogP contribution in [0.5, 0.6) is 5.75 Å². The van der Waals surface area contributed by atoms with Gasteiger partial charge in [-0.15, -0.1) is 0 Å². The molecule has 2 unspecified atom stereocenters. The zero-order valence-corrected chi connectivity index (χ0v) is 17.9. The Kier molecular flexibility index (Phi) is 5.87. The van der Waals surface area contributed by atoms with E-state index in [1.54, 1.807) is 7.11 Å². The molecule has 0 aliphatic carbocycles. The number of ether oxygens (including phenoxy) is 2. The molecular formula is C24H26FN5O2. The lowest BCUT2D eigenvalue weighted by atomic mass is 10.0. The number of benzene rings is 1. The Morgan fingerprint density at radius 1 is 1.22 bits per heavy atom. The number of pyridine rings is 2. The summed E-state index contributed by atoms with van der Waals surface area (Å²) in [6.07, 6.45) is 3.54. The summed E-state index contributed by atoms with van der Waals surface area (Å²) in [7, 11) is 1.65. The van der Waals surface area contributed by atoms with Crippen molar-refractivity contribution in [3.05, 3.63) is 54.9 Å². The van der Waals surface area contributed by atoms with Gasteiger partial charge in [-0.1, -0.05) is 18.2 Å². The number of methoxy groups -OCH3 is 1. The number of nitrogens with one attached hydrogen (secondary N) is 2. The first-order valence-electron chi connectivity index (χ1n) is 10.8. The quantitative estimate of drug-likeness (QED) is 0.432. The summed E-state index contributed by atoms with van der Waals surface area (Å²) in [5.41, 5.74) is 4.13. The zero-order valence-electron chi connectivity index (χ0n) is 17.9. The number of aromatic nitrogens is 3. The van der Waals surface area contributed by atoms with E-state index in [0.29, 0.717) is 19.8 Å². The maximum absolute atomic E-state index is 14.4. The molecule has 0 amide bonds. The topological polar surface area (TPSA) is 72.7 Å². The summed E-state index contributed by atoms with van der Waals surface area (Å²) < 4.78 is 27.1. The molecule has 1 aromatic carbocycles. The van der Waals surface area contributed by atoms with Crippen molar-refractivity contribution in [1.82, 2.24) is 19.7 Å². The van der Waals surface area contributed by atoms with Crippen molar-refractivity contribution in [2.24, 2.45) is 0 Å². The molecule has 3 aromatic heterocycles. The average molecular weight is 436 g/mol. The monoisotopic (exact) mass is 435 g/mol. The molecule has 1 fully saturated rings. The number of hydrogen-bond acceptors (Lipinski definition) is 6.